The third-order valence-corrected chi connectivity index (χ3v) is 7.42. The fourth-order valence-electron chi connectivity index (χ4n) is 3.97. The van der Waals surface area contributed by atoms with E-state index >= 15 is 0 Å². The van der Waals surface area contributed by atoms with Crippen molar-refractivity contribution in [1.82, 2.24) is 0 Å². The molecular weight excluding hydrogens is 295 g/mol. The molecule has 0 aliphatic heterocycles. The van der Waals surface area contributed by atoms with Gasteiger partial charge in [-0.25, -0.2) is 12.8 Å². The van der Waals surface area contributed by atoms with Crippen molar-refractivity contribution >= 4 is 15.8 Å². The van der Waals surface area contributed by atoms with E-state index in [1.54, 1.807) is 0 Å². The van der Waals surface area contributed by atoms with Gasteiger partial charge in [0, 0.05) is 0 Å². The lowest BCUT2D eigenvalue weighted by atomic mass is 9.60. The van der Waals surface area contributed by atoms with Gasteiger partial charge in [-0.1, -0.05) is 25.0 Å². The van der Waals surface area contributed by atoms with Crippen molar-refractivity contribution in [3.63, 3.8) is 0 Å². The third-order valence-electron chi connectivity index (χ3n) is 5.02. The zero-order valence-corrected chi connectivity index (χ0v) is 12.3. The van der Waals surface area contributed by atoms with E-state index in [0.717, 1.165) is 37.8 Å². The minimum Gasteiger partial charge on any atom is -0.480 e. The van der Waals surface area contributed by atoms with Gasteiger partial charge in [-0.05, 0) is 43.2 Å². The number of sulfone groups is 1. The Hall–Kier alpha value is -1.43. The molecule has 1 aromatic rings. The molecule has 0 radical (unpaired) electrons. The Bertz CT molecular complexity index is 681. The van der Waals surface area contributed by atoms with Gasteiger partial charge in [-0.2, -0.15) is 0 Å². The molecule has 21 heavy (non-hydrogen) atoms. The van der Waals surface area contributed by atoms with E-state index in [-0.39, 0.29) is 18.3 Å². The molecular formula is C15H17FO4S. The van der Waals surface area contributed by atoms with Crippen molar-refractivity contribution in [2.24, 2.45) is 5.41 Å². The van der Waals surface area contributed by atoms with Gasteiger partial charge in [0.2, 0.25) is 0 Å². The van der Waals surface area contributed by atoms with Gasteiger partial charge in [-0.15, -0.1) is 0 Å². The minimum atomic E-state index is -4.23. The molecule has 0 saturated heterocycles. The molecule has 0 atom stereocenters. The van der Waals surface area contributed by atoms with Crippen LogP contribution in [-0.4, -0.2) is 24.2 Å². The van der Waals surface area contributed by atoms with Gasteiger partial charge < -0.3 is 5.11 Å². The molecule has 6 heteroatoms. The van der Waals surface area contributed by atoms with Crippen LogP contribution in [0.2, 0.25) is 0 Å². The van der Waals surface area contributed by atoms with E-state index in [1.807, 2.05) is 0 Å². The maximum Gasteiger partial charge on any atom is 0.325 e. The summed E-state index contributed by atoms with van der Waals surface area (Å²) in [6.45, 7) is 0. The van der Waals surface area contributed by atoms with Crippen LogP contribution >= 0.6 is 0 Å². The first-order valence-electron chi connectivity index (χ1n) is 7.06. The Morgan fingerprint density at radius 3 is 2.24 bits per heavy atom. The van der Waals surface area contributed by atoms with Gasteiger partial charge in [-0.3, -0.25) is 4.79 Å². The van der Waals surface area contributed by atoms with E-state index < -0.39 is 31.3 Å². The zero-order chi connectivity index (χ0) is 15.3. The standard InChI is InChI=1S/C15H17FO4S/c16-11-5-1-2-6-12(11)21(19,20)15(13(17)18)9-14(10-15)7-3-4-8-14/h1-2,5-6H,3-4,7-10H2,(H,17,18). The molecule has 2 fully saturated rings. The molecule has 0 bridgehead atoms. The summed E-state index contributed by atoms with van der Waals surface area (Å²) in [5.41, 5.74) is -0.170. The van der Waals surface area contributed by atoms with Crippen LogP contribution < -0.4 is 0 Å². The number of aliphatic carboxylic acids is 1. The fourth-order valence-corrected chi connectivity index (χ4v) is 6.19. The third kappa shape index (κ3) is 1.92. The summed E-state index contributed by atoms with van der Waals surface area (Å²) in [6, 6.07) is 5.00. The summed E-state index contributed by atoms with van der Waals surface area (Å²) in [6.07, 6.45) is 3.96. The quantitative estimate of drug-likeness (QED) is 0.931. The number of carboxylic acids is 1. The molecule has 2 aliphatic rings. The molecule has 4 nitrogen and oxygen atoms in total. The Kier molecular flexibility index (Phi) is 3.13. The van der Waals surface area contributed by atoms with E-state index in [1.165, 1.54) is 12.1 Å². The monoisotopic (exact) mass is 312 g/mol. The average molecular weight is 312 g/mol. The smallest absolute Gasteiger partial charge is 0.325 e. The zero-order valence-electron chi connectivity index (χ0n) is 11.5. The molecule has 1 spiro atoms. The molecule has 0 heterocycles. The molecule has 2 aliphatic carbocycles. The normalized spacial score (nSPS) is 22.9. The largest absolute Gasteiger partial charge is 0.480 e. The second kappa shape index (κ2) is 4.53. The molecule has 1 aromatic carbocycles. The first-order chi connectivity index (χ1) is 9.83. The SMILES string of the molecule is O=C(O)C1(S(=O)(=O)c2ccccc2F)CC2(CCCC2)C1. The van der Waals surface area contributed by atoms with Crippen molar-refractivity contribution in [1.29, 1.82) is 0 Å². The van der Waals surface area contributed by atoms with Crippen LogP contribution in [0.4, 0.5) is 4.39 Å². The highest BCUT2D eigenvalue weighted by Gasteiger charge is 2.67. The van der Waals surface area contributed by atoms with E-state index in [9.17, 15) is 22.7 Å². The molecule has 0 unspecified atom stereocenters. The topological polar surface area (TPSA) is 71.4 Å². The first-order valence-corrected chi connectivity index (χ1v) is 8.54. The number of halogens is 1. The van der Waals surface area contributed by atoms with Crippen molar-refractivity contribution in [2.75, 3.05) is 0 Å². The maximum atomic E-state index is 13.8. The van der Waals surface area contributed by atoms with E-state index in [4.69, 9.17) is 0 Å². The summed E-state index contributed by atoms with van der Waals surface area (Å²) >= 11 is 0. The predicted molar refractivity (Wildman–Crippen MR) is 74.1 cm³/mol. The number of hydrogen-bond donors (Lipinski definition) is 1. The molecule has 1 N–H and O–H groups in total. The summed E-state index contributed by atoms with van der Waals surface area (Å²) in [4.78, 5) is 11.2. The number of carboxylic acid groups (broad SMARTS) is 1. The Morgan fingerprint density at radius 1 is 1.14 bits per heavy atom. The molecule has 2 saturated carbocycles. The highest BCUT2D eigenvalue weighted by Crippen LogP contribution is 2.62. The van der Waals surface area contributed by atoms with Crippen LogP contribution in [0.15, 0.2) is 29.2 Å². The molecule has 114 valence electrons. The number of carbonyl (C=O) groups is 1. The maximum absolute atomic E-state index is 13.8. The second-order valence-electron chi connectivity index (χ2n) is 6.29. The second-order valence-corrected chi connectivity index (χ2v) is 8.52. The summed E-state index contributed by atoms with van der Waals surface area (Å²) in [7, 11) is -4.23. The minimum absolute atomic E-state index is 0.103. The molecule has 3 rings (SSSR count). The van der Waals surface area contributed by atoms with Crippen molar-refractivity contribution in [3.8, 4) is 0 Å². The first kappa shape index (κ1) is 14.5. The van der Waals surface area contributed by atoms with Gasteiger partial charge in [0.05, 0.1) is 0 Å². The van der Waals surface area contributed by atoms with Crippen LogP contribution in [0.25, 0.3) is 0 Å². The van der Waals surface area contributed by atoms with Crippen LogP contribution in [0, 0.1) is 11.2 Å². The van der Waals surface area contributed by atoms with Gasteiger partial charge in [0.25, 0.3) is 0 Å². The summed E-state index contributed by atoms with van der Waals surface area (Å²) in [5, 5.41) is 9.51. The van der Waals surface area contributed by atoms with Crippen LogP contribution in [-0.2, 0) is 14.6 Å². The lowest BCUT2D eigenvalue weighted by Crippen LogP contribution is -2.60. The van der Waals surface area contributed by atoms with Crippen molar-refractivity contribution in [3.05, 3.63) is 30.1 Å². The van der Waals surface area contributed by atoms with E-state index in [2.05, 4.69) is 0 Å². The highest BCUT2D eigenvalue weighted by atomic mass is 32.2. The lowest BCUT2D eigenvalue weighted by Gasteiger charge is -2.51. The van der Waals surface area contributed by atoms with Crippen LogP contribution in [0.5, 0.6) is 0 Å². The Balaban J connectivity index is 2.03. The lowest BCUT2D eigenvalue weighted by molar-refractivity contribution is -0.147. The Morgan fingerprint density at radius 2 is 1.71 bits per heavy atom. The van der Waals surface area contributed by atoms with Gasteiger partial charge in [0.1, 0.15) is 10.7 Å². The number of benzene rings is 1. The fraction of sp³-hybridized carbons (Fsp3) is 0.533. The summed E-state index contributed by atoms with van der Waals surface area (Å²) in [5.74, 6) is -2.24. The average Bonchev–Trinajstić information content (AvgIpc) is 2.85. The van der Waals surface area contributed by atoms with Crippen LogP contribution in [0.1, 0.15) is 38.5 Å². The van der Waals surface area contributed by atoms with Gasteiger partial charge >= 0.3 is 5.97 Å². The summed E-state index contributed by atoms with van der Waals surface area (Å²) < 4.78 is 37.4. The van der Waals surface area contributed by atoms with Crippen molar-refractivity contribution in [2.45, 2.75) is 48.2 Å². The molecule has 0 amide bonds. The van der Waals surface area contributed by atoms with Gasteiger partial charge in [0.15, 0.2) is 14.6 Å². The Labute approximate surface area is 122 Å². The predicted octanol–water partition coefficient (Wildman–Crippen LogP) is 2.78. The molecule has 0 aromatic heterocycles. The van der Waals surface area contributed by atoms with Crippen LogP contribution in [0.3, 0.4) is 0 Å². The van der Waals surface area contributed by atoms with E-state index in [0.29, 0.717) is 0 Å². The number of hydrogen-bond acceptors (Lipinski definition) is 3. The number of rotatable bonds is 3. The van der Waals surface area contributed by atoms with Crippen molar-refractivity contribution < 1.29 is 22.7 Å². The highest BCUT2D eigenvalue weighted by molar-refractivity contribution is 7.93.